The Bertz CT molecular complexity index is 1250. The summed E-state index contributed by atoms with van der Waals surface area (Å²) in [4.78, 5) is 35.4. The number of nitro benzene ring substituents is 1. The molecule has 0 bridgehead atoms. The van der Waals surface area contributed by atoms with E-state index in [-0.39, 0.29) is 29.8 Å². The lowest BCUT2D eigenvalue weighted by Gasteiger charge is -2.10. The lowest BCUT2D eigenvalue weighted by atomic mass is 10.2. The van der Waals surface area contributed by atoms with Crippen molar-refractivity contribution in [3.05, 3.63) is 86.7 Å². The highest BCUT2D eigenvalue weighted by molar-refractivity contribution is 9.10. The lowest BCUT2D eigenvalue weighted by molar-refractivity contribution is -0.384. The van der Waals surface area contributed by atoms with E-state index in [9.17, 15) is 19.7 Å². The molecule has 0 atom stereocenters. The van der Waals surface area contributed by atoms with E-state index in [0.717, 1.165) is 11.8 Å². The number of aromatic nitrogens is 3. The highest BCUT2D eigenvalue weighted by Crippen LogP contribution is 2.23. The van der Waals surface area contributed by atoms with E-state index >= 15 is 0 Å². The van der Waals surface area contributed by atoms with Crippen LogP contribution in [0.3, 0.4) is 0 Å². The fourth-order valence-corrected chi connectivity index (χ4v) is 4.18. The second-order valence-electron chi connectivity index (χ2n) is 7.05. The third-order valence-electron chi connectivity index (χ3n) is 4.67. The molecular formula is C22H21BrN6O4S. The van der Waals surface area contributed by atoms with Gasteiger partial charge >= 0.3 is 0 Å². The van der Waals surface area contributed by atoms with Crippen LogP contribution in [0.25, 0.3) is 0 Å². The summed E-state index contributed by atoms with van der Waals surface area (Å²) in [5, 5.41) is 25.3. The number of carbonyl (C=O) groups excluding carboxylic acids is 2. The first-order valence-electron chi connectivity index (χ1n) is 10.0. The highest BCUT2D eigenvalue weighted by atomic mass is 79.9. The van der Waals surface area contributed by atoms with Crippen molar-refractivity contribution in [3.8, 4) is 0 Å². The molecule has 2 N–H and O–H groups in total. The van der Waals surface area contributed by atoms with Gasteiger partial charge < -0.3 is 15.2 Å². The molecule has 12 heteroatoms. The molecule has 3 rings (SSSR count). The molecule has 0 aliphatic rings. The second kappa shape index (κ2) is 11.6. The van der Waals surface area contributed by atoms with Crippen LogP contribution in [0.15, 0.2) is 64.7 Å². The number of benzene rings is 2. The molecule has 0 aliphatic heterocycles. The Hall–Kier alpha value is -3.51. The van der Waals surface area contributed by atoms with Gasteiger partial charge in [-0.1, -0.05) is 36.0 Å². The molecule has 0 aliphatic carbocycles. The normalized spacial score (nSPS) is 10.5. The van der Waals surface area contributed by atoms with Gasteiger partial charge in [0.2, 0.25) is 5.91 Å². The van der Waals surface area contributed by atoms with Crippen LogP contribution in [0.2, 0.25) is 0 Å². The van der Waals surface area contributed by atoms with Gasteiger partial charge in [0.15, 0.2) is 11.0 Å². The first-order chi connectivity index (χ1) is 16.3. The minimum Gasteiger partial charge on any atom is -0.345 e. The number of anilines is 1. The number of aryl methyl sites for hydroxylation is 1. The van der Waals surface area contributed by atoms with Gasteiger partial charge in [0, 0.05) is 23.2 Å². The Morgan fingerprint density at radius 1 is 1.26 bits per heavy atom. The van der Waals surface area contributed by atoms with Gasteiger partial charge in [0.25, 0.3) is 11.6 Å². The summed E-state index contributed by atoms with van der Waals surface area (Å²) in [5.41, 5.74) is 1.48. The Morgan fingerprint density at radius 3 is 2.74 bits per heavy atom. The SMILES string of the molecule is C=CCn1c(CNC(=O)c2ccccc2Br)nnc1SCC(=O)Nc1cc([N+](=O)[O-])ccc1C. The molecule has 2 amide bonds. The van der Waals surface area contributed by atoms with Crippen molar-refractivity contribution in [3.63, 3.8) is 0 Å². The number of hydrogen-bond acceptors (Lipinski definition) is 7. The van der Waals surface area contributed by atoms with Crippen LogP contribution >= 0.6 is 27.7 Å². The first kappa shape index (κ1) is 25.1. The number of rotatable bonds is 10. The first-order valence-corrected chi connectivity index (χ1v) is 11.8. The van der Waals surface area contributed by atoms with Crippen LogP contribution in [0.4, 0.5) is 11.4 Å². The maximum Gasteiger partial charge on any atom is 0.271 e. The van der Waals surface area contributed by atoms with Crippen molar-refractivity contribution in [1.29, 1.82) is 0 Å². The number of hydrogen-bond donors (Lipinski definition) is 2. The molecule has 0 fully saturated rings. The highest BCUT2D eigenvalue weighted by Gasteiger charge is 2.17. The van der Waals surface area contributed by atoms with Crippen LogP contribution in [0.1, 0.15) is 21.7 Å². The number of amides is 2. The third-order valence-corrected chi connectivity index (χ3v) is 6.33. The van der Waals surface area contributed by atoms with Gasteiger partial charge in [-0.2, -0.15) is 0 Å². The van der Waals surface area contributed by atoms with Crippen LogP contribution in [-0.2, 0) is 17.9 Å². The second-order valence-corrected chi connectivity index (χ2v) is 8.85. The molecular weight excluding hydrogens is 524 g/mol. The fourth-order valence-electron chi connectivity index (χ4n) is 2.94. The van der Waals surface area contributed by atoms with Gasteiger partial charge in [0.05, 0.1) is 28.5 Å². The Balaban J connectivity index is 1.64. The maximum atomic E-state index is 12.5. The molecule has 1 aromatic heterocycles. The fraction of sp³-hybridized carbons (Fsp3) is 0.182. The van der Waals surface area contributed by atoms with E-state index in [1.165, 1.54) is 12.1 Å². The number of allylic oxidation sites excluding steroid dienone is 1. The summed E-state index contributed by atoms with van der Waals surface area (Å²) in [6, 6.07) is 11.4. The smallest absolute Gasteiger partial charge is 0.271 e. The number of nitrogens with one attached hydrogen (secondary N) is 2. The number of non-ortho nitro benzene ring substituents is 1. The number of nitro groups is 1. The summed E-state index contributed by atoms with van der Waals surface area (Å²) in [7, 11) is 0. The number of carbonyl (C=O) groups is 2. The molecule has 2 aromatic carbocycles. The van der Waals surface area contributed by atoms with E-state index < -0.39 is 4.92 Å². The standard InChI is InChI=1S/C22H21BrN6O4S/c1-3-10-28-19(12-24-21(31)16-6-4-5-7-17(16)23)26-27-22(28)34-13-20(30)25-18-11-15(29(32)33)9-8-14(18)2/h3-9,11H,1,10,12-13H2,2H3,(H,24,31)(H,25,30). The van der Waals surface area contributed by atoms with Crippen molar-refractivity contribution >= 4 is 50.9 Å². The zero-order valence-electron chi connectivity index (χ0n) is 18.2. The van der Waals surface area contributed by atoms with Gasteiger partial charge in [-0.05, 0) is 40.5 Å². The Kier molecular flexibility index (Phi) is 8.55. The predicted octanol–water partition coefficient (Wildman–Crippen LogP) is 4.10. The van der Waals surface area contributed by atoms with E-state index in [2.05, 4.69) is 43.3 Å². The average molecular weight is 545 g/mol. The van der Waals surface area contributed by atoms with E-state index in [4.69, 9.17) is 0 Å². The largest absolute Gasteiger partial charge is 0.345 e. The number of thioether (sulfide) groups is 1. The van der Waals surface area contributed by atoms with Gasteiger partial charge in [0.1, 0.15) is 0 Å². The summed E-state index contributed by atoms with van der Waals surface area (Å²) in [6.07, 6.45) is 1.67. The molecule has 0 unspecified atom stereocenters. The van der Waals surface area contributed by atoms with Gasteiger partial charge in [-0.25, -0.2) is 0 Å². The Labute approximate surface area is 208 Å². The quantitative estimate of drug-likeness (QED) is 0.170. The molecule has 176 valence electrons. The van der Waals surface area contributed by atoms with Crippen molar-refractivity contribution < 1.29 is 14.5 Å². The van der Waals surface area contributed by atoms with Gasteiger partial charge in [-0.3, -0.25) is 19.7 Å². The monoisotopic (exact) mass is 544 g/mol. The van der Waals surface area contributed by atoms with Crippen LogP contribution in [0, 0.1) is 17.0 Å². The summed E-state index contributed by atoms with van der Waals surface area (Å²) in [6.45, 7) is 6.02. The average Bonchev–Trinajstić information content (AvgIpc) is 3.19. The third kappa shape index (κ3) is 6.29. The molecule has 0 saturated heterocycles. The summed E-state index contributed by atoms with van der Waals surface area (Å²) < 4.78 is 2.44. The van der Waals surface area contributed by atoms with Crippen LogP contribution in [0.5, 0.6) is 0 Å². The van der Waals surface area contributed by atoms with E-state index in [1.807, 2.05) is 6.07 Å². The topological polar surface area (TPSA) is 132 Å². The predicted molar refractivity (Wildman–Crippen MR) is 133 cm³/mol. The van der Waals surface area contributed by atoms with Crippen molar-refractivity contribution in [1.82, 2.24) is 20.1 Å². The summed E-state index contributed by atoms with van der Waals surface area (Å²) >= 11 is 4.52. The minimum atomic E-state index is -0.515. The molecule has 34 heavy (non-hydrogen) atoms. The van der Waals surface area contributed by atoms with Crippen molar-refractivity contribution in [2.45, 2.75) is 25.2 Å². The maximum absolute atomic E-state index is 12.5. The number of nitrogens with zero attached hydrogens (tertiary/aromatic N) is 4. The summed E-state index contributed by atoms with van der Waals surface area (Å²) in [5.74, 6) is -0.0782. The Morgan fingerprint density at radius 2 is 2.03 bits per heavy atom. The molecule has 10 nitrogen and oxygen atoms in total. The zero-order chi connectivity index (χ0) is 24.7. The van der Waals surface area contributed by atoms with Crippen LogP contribution in [-0.4, -0.2) is 37.3 Å². The van der Waals surface area contributed by atoms with Crippen LogP contribution < -0.4 is 10.6 Å². The molecule has 3 aromatic rings. The molecule has 0 radical (unpaired) electrons. The minimum absolute atomic E-state index is 0.0146. The number of halogens is 1. The van der Waals surface area contributed by atoms with Crippen molar-refractivity contribution in [2.24, 2.45) is 0 Å². The lowest BCUT2D eigenvalue weighted by Crippen LogP contribution is -2.25. The molecule has 0 spiro atoms. The molecule has 0 saturated carbocycles. The molecule has 1 heterocycles. The van der Waals surface area contributed by atoms with E-state index in [1.54, 1.807) is 41.8 Å². The van der Waals surface area contributed by atoms with E-state index in [0.29, 0.717) is 38.8 Å². The zero-order valence-corrected chi connectivity index (χ0v) is 20.6. The van der Waals surface area contributed by atoms with Crippen molar-refractivity contribution in [2.75, 3.05) is 11.1 Å². The van der Waals surface area contributed by atoms with Gasteiger partial charge in [-0.15, -0.1) is 16.8 Å².